The van der Waals surface area contributed by atoms with Crippen LogP contribution in [-0.4, -0.2) is 66.5 Å². The highest BCUT2D eigenvalue weighted by Crippen LogP contribution is 2.43. The van der Waals surface area contributed by atoms with Crippen molar-refractivity contribution in [2.75, 3.05) is 26.4 Å². The molecule has 0 saturated carbocycles. The van der Waals surface area contributed by atoms with Gasteiger partial charge in [0.25, 0.3) is 0 Å². The Hall–Kier alpha value is -2.04. The fourth-order valence-electron chi connectivity index (χ4n) is 7.27. The third-order valence-corrected chi connectivity index (χ3v) is 12.3. The summed E-state index contributed by atoms with van der Waals surface area (Å²) in [6, 6.07) is 0. The number of hydrogen-bond acceptors (Lipinski definition) is 10. The van der Waals surface area contributed by atoms with E-state index in [4.69, 9.17) is 23.3 Å². The summed E-state index contributed by atoms with van der Waals surface area (Å²) in [5.74, 6) is -1.47. The molecule has 0 aromatic carbocycles. The summed E-state index contributed by atoms with van der Waals surface area (Å²) in [5, 5.41) is 9.75. The van der Waals surface area contributed by atoms with Crippen molar-refractivity contribution >= 4 is 25.7 Å². The Balaban J connectivity index is 4.73. The lowest BCUT2D eigenvalue weighted by Crippen LogP contribution is -2.30. The molecule has 0 saturated heterocycles. The van der Waals surface area contributed by atoms with Crippen molar-refractivity contribution in [2.24, 2.45) is 0 Å². The van der Waals surface area contributed by atoms with E-state index in [-0.39, 0.29) is 25.9 Å². The smallest absolute Gasteiger partial charge is 0.462 e. The second kappa shape index (κ2) is 47.5. The van der Waals surface area contributed by atoms with Crippen LogP contribution in [0, 0.1) is 0 Å². The summed E-state index contributed by atoms with van der Waals surface area (Å²) in [6.45, 7) is 4.58. The first-order valence-electron chi connectivity index (χ1n) is 26.2. The molecule has 0 radical (unpaired) electrons. The second-order valence-electron chi connectivity index (χ2n) is 17.7. The summed E-state index contributed by atoms with van der Waals surface area (Å²) in [7, 11) is -4.73. The van der Waals surface area contributed by atoms with Crippen LogP contribution in [0.2, 0.25) is 0 Å². The highest BCUT2D eigenvalue weighted by Gasteiger charge is 2.28. The lowest BCUT2D eigenvalue weighted by Gasteiger charge is -2.21. The SMILES string of the molecule is CCCC/C=C\CCCCCCCC(=O)OC(CO)COP(=O)(O)OCC(COC(=O)CCCCCCCCCCCCCCC)OC(=O)CCCCCCC/C=C\CCCCCC. The van der Waals surface area contributed by atoms with Crippen molar-refractivity contribution in [1.29, 1.82) is 0 Å². The highest BCUT2D eigenvalue weighted by molar-refractivity contribution is 7.47. The molecule has 3 unspecified atom stereocenters. The third-order valence-electron chi connectivity index (χ3n) is 11.3. The molecular weight excluding hydrogens is 832 g/mol. The fourth-order valence-corrected chi connectivity index (χ4v) is 8.06. The van der Waals surface area contributed by atoms with Gasteiger partial charge in [0.2, 0.25) is 0 Å². The lowest BCUT2D eigenvalue weighted by molar-refractivity contribution is -0.161. The van der Waals surface area contributed by atoms with Crippen LogP contribution in [0.4, 0.5) is 0 Å². The first-order chi connectivity index (χ1) is 31.2. The largest absolute Gasteiger partial charge is 0.472 e. The number of ether oxygens (including phenoxy) is 3. The van der Waals surface area contributed by atoms with Gasteiger partial charge in [0.1, 0.15) is 12.7 Å². The predicted octanol–water partition coefficient (Wildman–Crippen LogP) is 14.7. The Morgan fingerprint density at radius 3 is 1.14 bits per heavy atom. The van der Waals surface area contributed by atoms with Crippen LogP contribution >= 0.6 is 7.82 Å². The minimum Gasteiger partial charge on any atom is -0.462 e. The average molecular weight is 929 g/mol. The first kappa shape index (κ1) is 62.0. The van der Waals surface area contributed by atoms with Crippen LogP contribution in [0.15, 0.2) is 24.3 Å². The van der Waals surface area contributed by atoms with Gasteiger partial charge in [-0.1, -0.05) is 193 Å². The Morgan fingerprint density at radius 1 is 0.422 bits per heavy atom. The van der Waals surface area contributed by atoms with E-state index in [0.29, 0.717) is 19.3 Å². The Kier molecular flexibility index (Phi) is 45.9. The summed E-state index contributed by atoms with van der Waals surface area (Å²) < 4.78 is 39.3. The lowest BCUT2D eigenvalue weighted by atomic mass is 10.0. The van der Waals surface area contributed by atoms with Crippen molar-refractivity contribution in [3.8, 4) is 0 Å². The molecule has 0 aromatic heterocycles. The number of carbonyl (C=O) groups excluding carboxylic acids is 3. The normalized spacial score (nSPS) is 13.6. The molecule has 2 N–H and O–H groups in total. The van der Waals surface area contributed by atoms with Gasteiger partial charge in [0, 0.05) is 19.3 Å². The number of carbonyl (C=O) groups is 3. The predicted molar refractivity (Wildman–Crippen MR) is 261 cm³/mol. The van der Waals surface area contributed by atoms with Crippen LogP contribution in [0.5, 0.6) is 0 Å². The molecule has 0 fully saturated rings. The number of phosphoric acid groups is 1. The monoisotopic (exact) mass is 929 g/mol. The van der Waals surface area contributed by atoms with Crippen molar-refractivity contribution in [3.05, 3.63) is 24.3 Å². The number of hydrogen-bond donors (Lipinski definition) is 2. The first-order valence-corrected chi connectivity index (χ1v) is 27.7. The van der Waals surface area contributed by atoms with Crippen LogP contribution in [0.3, 0.4) is 0 Å². The highest BCUT2D eigenvalue weighted by atomic mass is 31.2. The zero-order valence-electron chi connectivity index (χ0n) is 41.3. The number of phosphoric ester groups is 1. The van der Waals surface area contributed by atoms with E-state index in [9.17, 15) is 28.9 Å². The van der Waals surface area contributed by atoms with Crippen molar-refractivity contribution in [1.82, 2.24) is 0 Å². The maximum atomic E-state index is 12.8. The zero-order chi connectivity index (χ0) is 47.0. The quantitative estimate of drug-likeness (QED) is 0.0197. The Labute approximate surface area is 391 Å². The van der Waals surface area contributed by atoms with Crippen LogP contribution < -0.4 is 0 Å². The van der Waals surface area contributed by atoms with E-state index < -0.39 is 57.8 Å². The van der Waals surface area contributed by atoms with Gasteiger partial charge in [-0.25, -0.2) is 4.57 Å². The number of aliphatic hydroxyl groups excluding tert-OH is 1. The molecule has 0 spiro atoms. The second-order valence-corrected chi connectivity index (χ2v) is 19.1. The molecule has 0 aromatic rings. The molecule has 0 rings (SSSR count). The van der Waals surface area contributed by atoms with Gasteiger partial charge in [0.05, 0.1) is 19.8 Å². The fraction of sp³-hybridized carbons (Fsp3) is 0.865. The molecule has 0 aliphatic carbocycles. The number of aliphatic hydroxyl groups is 1. The van der Waals surface area contributed by atoms with E-state index in [2.05, 4.69) is 45.1 Å². The molecule has 11 nitrogen and oxygen atoms in total. The molecular formula is C52H97O11P. The topological polar surface area (TPSA) is 155 Å². The van der Waals surface area contributed by atoms with Crippen molar-refractivity contribution in [2.45, 2.75) is 264 Å². The van der Waals surface area contributed by atoms with E-state index in [1.165, 1.54) is 96.3 Å². The molecule has 64 heavy (non-hydrogen) atoms. The minimum absolute atomic E-state index is 0.161. The molecule has 0 heterocycles. The van der Waals surface area contributed by atoms with Gasteiger partial charge in [0.15, 0.2) is 6.10 Å². The van der Waals surface area contributed by atoms with Gasteiger partial charge >= 0.3 is 25.7 Å². The molecule has 12 heteroatoms. The van der Waals surface area contributed by atoms with Gasteiger partial charge in [-0.3, -0.25) is 23.4 Å². The molecule has 0 aliphatic heterocycles. The number of rotatable bonds is 49. The number of unbranched alkanes of at least 4 members (excludes halogenated alkanes) is 28. The Morgan fingerprint density at radius 2 is 0.734 bits per heavy atom. The summed E-state index contributed by atoms with van der Waals surface area (Å²) in [6.07, 6.45) is 44.3. The molecule has 0 amide bonds. The zero-order valence-corrected chi connectivity index (χ0v) is 42.2. The van der Waals surface area contributed by atoms with E-state index in [1.807, 2.05) is 0 Å². The maximum absolute atomic E-state index is 12.8. The standard InChI is InChI=1S/C52H97O11P/c1-4-7-10-13-16-19-22-24-27-29-32-35-38-41-50(54)59-45-49(63-52(56)43-40-37-34-31-28-25-23-20-17-14-11-8-5-2)47-61-64(57,58)60-46-48(44-53)62-51(55)42-39-36-33-30-26-21-18-15-12-9-6-3/h15,18,20,23,48-49,53H,4-14,16-17,19,21-22,24-47H2,1-3H3,(H,57,58)/b18-15-,23-20-. The van der Waals surface area contributed by atoms with Crippen molar-refractivity contribution in [3.63, 3.8) is 0 Å². The summed E-state index contributed by atoms with van der Waals surface area (Å²) >= 11 is 0. The third kappa shape index (κ3) is 45.1. The van der Waals surface area contributed by atoms with Crippen molar-refractivity contribution < 1.29 is 52.2 Å². The van der Waals surface area contributed by atoms with Gasteiger partial charge in [-0.15, -0.1) is 0 Å². The van der Waals surface area contributed by atoms with Crippen LogP contribution in [0.1, 0.15) is 252 Å². The minimum atomic E-state index is -4.73. The van der Waals surface area contributed by atoms with Crippen LogP contribution in [-0.2, 0) is 42.2 Å². The number of esters is 3. The Bertz CT molecular complexity index is 1180. The molecule has 376 valence electrons. The van der Waals surface area contributed by atoms with E-state index >= 15 is 0 Å². The van der Waals surface area contributed by atoms with Gasteiger partial charge in [-0.05, 0) is 64.2 Å². The maximum Gasteiger partial charge on any atom is 0.472 e. The summed E-state index contributed by atoms with van der Waals surface area (Å²) in [4.78, 5) is 48.2. The van der Waals surface area contributed by atoms with E-state index in [1.54, 1.807) is 0 Å². The van der Waals surface area contributed by atoms with Gasteiger partial charge < -0.3 is 24.2 Å². The molecule has 0 bridgehead atoms. The van der Waals surface area contributed by atoms with E-state index in [0.717, 1.165) is 96.3 Å². The molecule has 0 aliphatic rings. The molecule has 3 atom stereocenters. The summed E-state index contributed by atoms with van der Waals surface area (Å²) in [5.41, 5.74) is 0. The van der Waals surface area contributed by atoms with Gasteiger partial charge in [-0.2, -0.15) is 0 Å². The van der Waals surface area contributed by atoms with Crippen LogP contribution in [0.25, 0.3) is 0 Å². The average Bonchev–Trinajstić information content (AvgIpc) is 3.28. The number of allylic oxidation sites excluding steroid dienone is 4.